The van der Waals surface area contributed by atoms with Gasteiger partial charge in [0, 0.05) is 21.6 Å². The van der Waals surface area contributed by atoms with Crippen LogP contribution in [0.15, 0.2) is 45.3 Å². The van der Waals surface area contributed by atoms with Crippen LogP contribution in [0.25, 0.3) is 0 Å². The van der Waals surface area contributed by atoms with Crippen molar-refractivity contribution in [3.8, 4) is 0 Å². The van der Waals surface area contributed by atoms with Gasteiger partial charge in [-0.15, -0.1) is 0 Å². The third-order valence-corrected chi connectivity index (χ3v) is 4.38. The lowest BCUT2D eigenvalue weighted by molar-refractivity contribution is -0.0757. The molecule has 0 saturated carbocycles. The molecule has 0 aliphatic carbocycles. The molecule has 0 fully saturated rings. The number of aromatic carboxylic acids is 1. The van der Waals surface area contributed by atoms with Crippen molar-refractivity contribution in [3.63, 3.8) is 0 Å². The summed E-state index contributed by atoms with van der Waals surface area (Å²) in [6.07, 6.45) is 0. The van der Waals surface area contributed by atoms with Gasteiger partial charge in [0.1, 0.15) is 0 Å². The number of carbonyl (C=O) groups is 2. The minimum absolute atomic E-state index is 0.141. The molecule has 0 aliphatic rings. The van der Waals surface area contributed by atoms with Gasteiger partial charge in [-0.3, -0.25) is 9.63 Å². The Labute approximate surface area is 163 Å². The van der Waals surface area contributed by atoms with Crippen LogP contribution in [-0.4, -0.2) is 36.2 Å². The summed E-state index contributed by atoms with van der Waals surface area (Å²) in [5.41, 5.74) is 2.70. The highest BCUT2D eigenvalue weighted by atomic mass is 79.9. The maximum absolute atomic E-state index is 11.7. The summed E-state index contributed by atoms with van der Waals surface area (Å²) in [4.78, 5) is 27.0. The van der Waals surface area contributed by atoms with Crippen LogP contribution in [0.1, 0.15) is 31.8 Å². The molecule has 0 aromatic heterocycles. The predicted octanol–water partition coefficient (Wildman–Crippen LogP) is 4.85. The number of carbonyl (C=O) groups excluding carboxylic acids is 1. The van der Waals surface area contributed by atoms with Crippen LogP contribution in [0.3, 0.4) is 0 Å². The first kappa shape index (κ1) is 21.3. The second-order valence-corrected chi connectivity index (χ2v) is 7.04. The molecule has 2 aromatic carbocycles. The zero-order valence-corrected chi connectivity index (χ0v) is 17.5. The molecule has 0 aliphatic heterocycles. The molecule has 5 nitrogen and oxygen atoms in total. The summed E-state index contributed by atoms with van der Waals surface area (Å²) in [6.45, 7) is 3.66. The van der Waals surface area contributed by atoms with Crippen molar-refractivity contribution in [1.82, 2.24) is 5.06 Å². The summed E-state index contributed by atoms with van der Waals surface area (Å²) in [6, 6.07) is 10.6. The molecule has 0 heterocycles. The molecular formula is C18H19Br2NO4. The van der Waals surface area contributed by atoms with Crippen LogP contribution in [0.5, 0.6) is 0 Å². The highest BCUT2D eigenvalue weighted by Crippen LogP contribution is 2.17. The third kappa shape index (κ3) is 6.26. The lowest BCUT2D eigenvalue weighted by Crippen LogP contribution is -2.25. The summed E-state index contributed by atoms with van der Waals surface area (Å²) < 4.78 is 1.87. The summed E-state index contributed by atoms with van der Waals surface area (Å²) >= 11 is 6.60. The molecule has 0 unspecified atom stereocenters. The van der Waals surface area contributed by atoms with E-state index in [0.29, 0.717) is 11.1 Å². The van der Waals surface area contributed by atoms with Gasteiger partial charge in [-0.05, 0) is 61.4 Å². The van der Waals surface area contributed by atoms with Crippen molar-refractivity contribution in [2.75, 3.05) is 14.2 Å². The van der Waals surface area contributed by atoms with Crippen molar-refractivity contribution in [2.45, 2.75) is 13.8 Å². The fourth-order valence-electron chi connectivity index (χ4n) is 1.99. The van der Waals surface area contributed by atoms with Crippen molar-refractivity contribution in [2.24, 2.45) is 0 Å². The Morgan fingerprint density at radius 1 is 0.960 bits per heavy atom. The smallest absolute Gasteiger partial charge is 0.335 e. The Morgan fingerprint density at radius 2 is 1.40 bits per heavy atom. The van der Waals surface area contributed by atoms with E-state index < -0.39 is 5.97 Å². The van der Waals surface area contributed by atoms with E-state index in [1.807, 2.05) is 19.1 Å². The molecule has 0 spiro atoms. The molecule has 25 heavy (non-hydrogen) atoms. The molecule has 1 N–H and O–H groups in total. The second-order valence-electron chi connectivity index (χ2n) is 5.21. The van der Waals surface area contributed by atoms with Gasteiger partial charge >= 0.3 is 5.97 Å². The average molecular weight is 473 g/mol. The topological polar surface area (TPSA) is 66.8 Å². The molecule has 0 atom stereocenters. The maximum Gasteiger partial charge on any atom is 0.335 e. The molecular weight excluding hydrogens is 454 g/mol. The number of carboxylic acid groups (broad SMARTS) is 1. The number of carboxylic acids is 1. The van der Waals surface area contributed by atoms with Gasteiger partial charge < -0.3 is 5.11 Å². The minimum atomic E-state index is -0.880. The zero-order chi connectivity index (χ0) is 19.1. The molecule has 0 radical (unpaired) electrons. The van der Waals surface area contributed by atoms with E-state index >= 15 is 0 Å². The maximum atomic E-state index is 11.7. The first-order chi connectivity index (χ1) is 11.7. The Morgan fingerprint density at radius 3 is 1.76 bits per heavy atom. The van der Waals surface area contributed by atoms with E-state index in [4.69, 9.17) is 9.94 Å². The van der Waals surface area contributed by atoms with Gasteiger partial charge in [0.2, 0.25) is 0 Å². The number of hydrogen-bond acceptors (Lipinski definition) is 3. The molecule has 2 rings (SSSR count). The lowest BCUT2D eigenvalue weighted by Gasteiger charge is -2.14. The Bertz CT molecular complexity index is 778. The minimum Gasteiger partial charge on any atom is -0.478 e. The van der Waals surface area contributed by atoms with Crippen LogP contribution >= 0.6 is 31.9 Å². The van der Waals surface area contributed by atoms with Gasteiger partial charge in [0.15, 0.2) is 0 Å². The number of hydrogen-bond donors (Lipinski definition) is 1. The number of rotatable bonds is 3. The van der Waals surface area contributed by atoms with E-state index in [-0.39, 0.29) is 5.91 Å². The van der Waals surface area contributed by atoms with Crippen molar-refractivity contribution < 1.29 is 19.5 Å². The van der Waals surface area contributed by atoms with Crippen LogP contribution < -0.4 is 0 Å². The number of amides is 1. The Balaban J connectivity index is 0.000000257. The van der Waals surface area contributed by atoms with Gasteiger partial charge in [0.25, 0.3) is 5.91 Å². The molecule has 2 aromatic rings. The summed E-state index contributed by atoms with van der Waals surface area (Å²) in [7, 11) is 3.05. The standard InChI is InChI=1S/C10H12BrNO2.C8H7BrO2/c1-7-6-8(11)4-5-9(7)10(13)12(2)14-3;1-5-4-6(9)2-3-7(5)8(10)11/h4-6H,1-3H3;2-4H,1H3,(H,10,11). The van der Waals surface area contributed by atoms with E-state index in [0.717, 1.165) is 20.1 Å². The number of nitrogens with zero attached hydrogens (tertiary/aromatic N) is 1. The first-order valence-corrected chi connectivity index (χ1v) is 8.83. The zero-order valence-electron chi connectivity index (χ0n) is 14.3. The van der Waals surface area contributed by atoms with E-state index in [2.05, 4.69) is 31.9 Å². The van der Waals surface area contributed by atoms with Crippen molar-refractivity contribution >= 4 is 43.7 Å². The van der Waals surface area contributed by atoms with Crippen LogP contribution in [-0.2, 0) is 4.84 Å². The number of halogens is 2. The SMILES string of the molecule is CON(C)C(=O)c1ccc(Br)cc1C.Cc1cc(Br)ccc1C(=O)O. The molecule has 0 bridgehead atoms. The number of hydroxylamine groups is 2. The molecule has 0 saturated heterocycles. The molecule has 7 heteroatoms. The summed E-state index contributed by atoms with van der Waals surface area (Å²) in [5, 5.41) is 9.85. The van der Waals surface area contributed by atoms with E-state index in [1.54, 1.807) is 38.2 Å². The molecule has 1 amide bonds. The summed E-state index contributed by atoms with van der Waals surface area (Å²) in [5.74, 6) is -1.02. The van der Waals surface area contributed by atoms with Crippen LogP contribution in [0.4, 0.5) is 0 Å². The number of aryl methyl sites for hydroxylation is 2. The quantitative estimate of drug-likeness (QED) is 0.648. The van der Waals surface area contributed by atoms with Crippen molar-refractivity contribution in [3.05, 3.63) is 67.6 Å². The van der Waals surface area contributed by atoms with Crippen molar-refractivity contribution in [1.29, 1.82) is 0 Å². The van der Waals surface area contributed by atoms with Crippen LogP contribution in [0, 0.1) is 13.8 Å². The molecule has 134 valence electrons. The Kier molecular flexibility index (Phi) is 8.28. The highest BCUT2D eigenvalue weighted by Gasteiger charge is 2.13. The van der Waals surface area contributed by atoms with Gasteiger partial charge in [-0.2, -0.15) is 0 Å². The Hall–Kier alpha value is -1.70. The monoisotopic (exact) mass is 471 g/mol. The van der Waals surface area contributed by atoms with Crippen LogP contribution in [0.2, 0.25) is 0 Å². The van der Waals surface area contributed by atoms with E-state index in [1.165, 1.54) is 12.2 Å². The highest BCUT2D eigenvalue weighted by molar-refractivity contribution is 9.10. The van der Waals surface area contributed by atoms with Gasteiger partial charge in [-0.1, -0.05) is 31.9 Å². The fraction of sp³-hybridized carbons (Fsp3) is 0.222. The fourth-order valence-corrected chi connectivity index (χ4v) is 2.94. The lowest BCUT2D eigenvalue weighted by atomic mass is 10.1. The second kappa shape index (κ2) is 9.70. The van der Waals surface area contributed by atoms with Gasteiger partial charge in [0.05, 0.1) is 12.7 Å². The first-order valence-electron chi connectivity index (χ1n) is 7.25. The predicted molar refractivity (Wildman–Crippen MR) is 104 cm³/mol. The van der Waals surface area contributed by atoms with Gasteiger partial charge in [-0.25, -0.2) is 9.86 Å². The van der Waals surface area contributed by atoms with E-state index in [9.17, 15) is 9.59 Å². The normalized spacial score (nSPS) is 9.84. The largest absolute Gasteiger partial charge is 0.478 e. The number of benzene rings is 2. The third-order valence-electron chi connectivity index (χ3n) is 3.40. The average Bonchev–Trinajstić information content (AvgIpc) is 2.53.